The van der Waals surface area contributed by atoms with Gasteiger partial charge in [0.1, 0.15) is 0 Å². The Labute approximate surface area is 95.7 Å². The molecule has 4 heteroatoms. The highest BCUT2D eigenvalue weighted by Gasteiger charge is 2.16. The van der Waals surface area contributed by atoms with Crippen LogP contribution in [0.25, 0.3) is 5.65 Å². The summed E-state index contributed by atoms with van der Waals surface area (Å²) in [7, 11) is 1.94. The van der Waals surface area contributed by atoms with E-state index in [2.05, 4.69) is 46.7 Å². The van der Waals surface area contributed by atoms with Crippen molar-refractivity contribution in [2.24, 2.45) is 0 Å². The van der Waals surface area contributed by atoms with E-state index in [0.717, 1.165) is 23.6 Å². The lowest BCUT2D eigenvalue weighted by Crippen LogP contribution is -2.15. The van der Waals surface area contributed by atoms with E-state index in [1.54, 1.807) is 0 Å². The van der Waals surface area contributed by atoms with Crippen molar-refractivity contribution in [3.05, 3.63) is 30.0 Å². The number of hydrogen-bond acceptors (Lipinski definition) is 3. The summed E-state index contributed by atoms with van der Waals surface area (Å²) in [4.78, 5) is 8.77. The van der Waals surface area contributed by atoms with Crippen molar-refractivity contribution < 1.29 is 0 Å². The Morgan fingerprint density at radius 1 is 1.25 bits per heavy atom. The number of nitrogens with zero attached hydrogens (tertiary/aromatic N) is 3. The molecule has 2 aromatic rings. The summed E-state index contributed by atoms with van der Waals surface area (Å²) < 4.78 is 2.10. The standard InChI is InChI=1S/C12H18N4/c1-12(2,3)10-8-16-9(5-13-4)6-15-11(16)7-14-10/h6-8,13H,5H2,1-4H3. The molecule has 2 heterocycles. The Hall–Kier alpha value is -1.42. The van der Waals surface area contributed by atoms with Gasteiger partial charge in [0, 0.05) is 18.2 Å². The zero-order valence-corrected chi connectivity index (χ0v) is 10.3. The first-order valence-electron chi connectivity index (χ1n) is 5.49. The average molecular weight is 218 g/mol. The molecule has 0 aromatic carbocycles. The molecule has 16 heavy (non-hydrogen) atoms. The maximum absolute atomic E-state index is 4.45. The Bertz CT molecular complexity index is 493. The van der Waals surface area contributed by atoms with Crippen LogP contribution in [0.4, 0.5) is 0 Å². The van der Waals surface area contributed by atoms with Crippen LogP contribution in [0.2, 0.25) is 0 Å². The number of fused-ring (bicyclic) bond motifs is 1. The van der Waals surface area contributed by atoms with Crippen molar-refractivity contribution in [2.45, 2.75) is 32.7 Å². The smallest absolute Gasteiger partial charge is 0.155 e. The van der Waals surface area contributed by atoms with E-state index in [-0.39, 0.29) is 5.41 Å². The van der Waals surface area contributed by atoms with E-state index in [4.69, 9.17) is 0 Å². The number of aromatic nitrogens is 3. The van der Waals surface area contributed by atoms with Gasteiger partial charge in [-0.25, -0.2) is 4.98 Å². The van der Waals surface area contributed by atoms with Gasteiger partial charge in [0.2, 0.25) is 0 Å². The molecule has 0 radical (unpaired) electrons. The molecule has 0 fully saturated rings. The quantitative estimate of drug-likeness (QED) is 0.835. The minimum atomic E-state index is 0.0649. The second-order valence-corrected chi connectivity index (χ2v) is 5.03. The second-order valence-electron chi connectivity index (χ2n) is 5.03. The van der Waals surface area contributed by atoms with E-state index >= 15 is 0 Å². The zero-order valence-electron chi connectivity index (χ0n) is 10.3. The summed E-state index contributed by atoms with van der Waals surface area (Å²) in [5.74, 6) is 0. The number of nitrogens with one attached hydrogen (secondary N) is 1. The summed E-state index contributed by atoms with van der Waals surface area (Å²) in [6.07, 6.45) is 5.80. The Kier molecular flexibility index (Phi) is 2.68. The van der Waals surface area contributed by atoms with Crippen molar-refractivity contribution >= 4 is 5.65 Å². The number of rotatable bonds is 2. The van der Waals surface area contributed by atoms with Crippen LogP contribution < -0.4 is 5.32 Å². The molecule has 0 unspecified atom stereocenters. The minimum Gasteiger partial charge on any atom is -0.314 e. The third-order valence-electron chi connectivity index (χ3n) is 2.60. The van der Waals surface area contributed by atoms with E-state index < -0.39 is 0 Å². The fraction of sp³-hybridized carbons (Fsp3) is 0.500. The van der Waals surface area contributed by atoms with E-state index in [0.29, 0.717) is 0 Å². The minimum absolute atomic E-state index is 0.0649. The number of hydrogen-bond donors (Lipinski definition) is 1. The molecular formula is C12H18N4. The topological polar surface area (TPSA) is 42.2 Å². The predicted octanol–water partition coefficient (Wildman–Crippen LogP) is 1.75. The summed E-state index contributed by atoms with van der Waals surface area (Å²) in [5, 5.41) is 3.14. The van der Waals surface area contributed by atoms with Gasteiger partial charge >= 0.3 is 0 Å². The van der Waals surface area contributed by atoms with Crippen LogP contribution >= 0.6 is 0 Å². The predicted molar refractivity (Wildman–Crippen MR) is 64.5 cm³/mol. The molecule has 0 aliphatic rings. The van der Waals surface area contributed by atoms with Crippen molar-refractivity contribution in [3.63, 3.8) is 0 Å². The lowest BCUT2D eigenvalue weighted by molar-refractivity contribution is 0.563. The lowest BCUT2D eigenvalue weighted by Gasteiger charge is -2.17. The van der Waals surface area contributed by atoms with Crippen LogP contribution in [0.15, 0.2) is 18.6 Å². The third-order valence-corrected chi connectivity index (χ3v) is 2.60. The van der Waals surface area contributed by atoms with Gasteiger partial charge in [-0.3, -0.25) is 9.38 Å². The van der Waals surface area contributed by atoms with Gasteiger partial charge in [-0.05, 0) is 7.05 Å². The van der Waals surface area contributed by atoms with Crippen LogP contribution in [0, 0.1) is 0 Å². The lowest BCUT2D eigenvalue weighted by atomic mass is 9.93. The summed E-state index contributed by atoms with van der Waals surface area (Å²) in [6.45, 7) is 7.30. The molecule has 4 nitrogen and oxygen atoms in total. The van der Waals surface area contributed by atoms with Crippen LogP contribution in [-0.4, -0.2) is 21.4 Å². The van der Waals surface area contributed by atoms with Crippen LogP contribution in [0.5, 0.6) is 0 Å². The van der Waals surface area contributed by atoms with Gasteiger partial charge in [-0.1, -0.05) is 20.8 Å². The maximum atomic E-state index is 4.45. The molecule has 0 aliphatic heterocycles. The second kappa shape index (κ2) is 3.87. The molecule has 0 atom stereocenters. The maximum Gasteiger partial charge on any atom is 0.155 e. The molecule has 0 aliphatic carbocycles. The first-order valence-corrected chi connectivity index (χ1v) is 5.49. The highest BCUT2D eigenvalue weighted by atomic mass is 15.0. The molecule has 0 amide bonds. The molecule has 0 bridgehead atoms. The Balaban J connectivity index is 2.54. The van der Waals surface area contributed by atoms with Crippen molar-refractivity contribution in [1.82, 2.24) is 19.7 Å². The van der Waals surface area contributed by atoms with Gasteiger partial charge in [-0.2, -0.15) is 0 Å². The molecule has 1 N–H and O–H groups in total. The Morgan fingerprint density at radius 3 is 2.62 bits per heavy atom. The Morgan fingerprint density at radius 2 is 2.00 bits per heavy atom. The average Bonchev–Trinajstić information content (AvgIpc) is 2.60. The SMILES string of the molecule is CNCc1cnc2cnc(C(C)(C)C)cn12. The highest BCUT2D eigenvalue weighted by molar-refractivity contribution is 5.38. The van der Waals surface area contributed by atoms with Crippen molar-refractivity contribution in [2.75, 3.05) is 7.05 Å². The van der Waals surface area contributed by atoms with E-state index in [9.17, 15) is 0 Å². The fourth-order valence-corrected chi connectivity index (χ4v) is 1.64. The molecule has 0 spiro atoms. The van der Waals surface area contributed by atoms with E-state index in [1.807, 2.05) is 19.4 Å². The summed E-state index contributed by atoms with van der Waals surface area (Å²) in [6, 6.07) is 0. The third kappa shape index (κ3) is 1.93. The normalized spacial score (nSPS) is 12.2. The molecule has 0 saturated heterocycles. The molecule has 0 saturated carbocycles. The van der Waals surface area contributed by atoms with Gasteiger partial charge in [0.05, 0.1) is 23.8 Å². The summed E-state index contributed by atoms with van der Waals surface area (Å²) in [5.41, 5.74) is 3.20. The molecule has 2 rings (SSSR count). The molecular weight excluding hydrogens is 200 g/mol. The van der Waals surface area contributed by atoms with Gasteiger partial charge in [-0.15, -0.1) is 0 Å². The zero-order chi connectivity index (χ0) is 11.8. The van der Waals surface area contributed by atoms with Crippen molar-refractivity contribution in [3.8, 4) is 0 Å². The fourth-order valence-electron chi connectivity index (χ4n) is 1.64. The highest BCUT2D eigenvalue weighted by Crippen LogP contribution is 2.20. The van der Waals surface area contributed by atoms with Crippen molar-refractivity contribution in [1.29, 1.82) is 0 Å². The molecule has 86 valence electrons. The van der Waals surface area contributed by atoms with E-state index in [1.165, 1.54) is 0 Å². The van der Waals surface area contributed by atoms with Gasteiger partial charge < -0.3 is 5.32 Å². The van der Waals surface area contributed by atoms with Gasteiger partial charge in [0.25, 0.3) is 0 Å². The van der Waals surface area contributed by atoms with Gasteiger partial charge in [0.15, 0.2) is 5.65 Å². The van der Waals surface area contributed by atoms with Crippen LogP contribution in [0.3, 0.4) is 0 Å². The first kappa shape index (κ1) is 11.1. The molecule has 2 aromatic heterocycles. The monoisotopic (exact) mass is 218 g/mol. The first-order chi connectivity index (χ1) is 7.52. The van der Waals surface area contributed by atoms with Crippen LogP contribution in [-0.2, 0) is 12.0 Å². The number of imidazole rings is 1. The largest absolute Gasteiger partial charge is 0.314 e. The van der Waals surface area contributed by atoms with Crippen LogP contribution in [0.1, 0.15) is 32.2 Å². The summed E-state index contributed by atoms with van der Waals surface area (Å²) >= 11 is 0.